The second-order valence-electron chi connectivity index (χ2n) is 5.59. The lowest BCUT2D eigenvalue weighted by atomic mass is 10.2. The molecule has 0 aliphatic heterocycles. The van der Waals surface area contributed by atoms with Crippen molar-refractivity contribution in [1.29, 1.82) is 0 Å². The minimum Gasteiger partial charge on any atom is -0.459 e. The van der Waals surface area contributed by atoms with E-state index in [1.807, 2.05) is 27.7 Å². The maximum atomic E-state index is 11.7. The van der Waals surface area contributed by atoms with Crippen LogP contribution in [0.2, 0.25) is 0 Å². The minimum absolute atomic E-state index is 0.176. The smallest absolute Gasteiger partial charge is 0.323 e. The molecular weight excluding hydrogens is 228 g/mol. The Hall–Kier alpha value is -0.610. The molecule has 0 amide bonds. The molecule has 0 saturated heterocycles. The molecule has 18 heavy (non-hydrogen) atoms. The summed E-state index contributed by atoms with van der Waals surface area (Å²) in [6, 6.07) is -0.235. The summed E-state index contributed by atoms with van der Waals surface area (Å²) in [6.07, 6.45) is 1.05. The van der Waals surface area contributed by atoms with Crippen molar-refractivity contribution in [1.82, 2.24) is 10.2 Å². The molecule has 0 fully saturated rings. The van der Waals surface area contributed by atoms with E-state index in [4.69, 9.17) is 4.74 Å². The Bertz CT molecular complexity index is 232. The topological polar surface area (TPSA) is 41.6 Å². The van der Waals surface area contributed by atoms with E-state index >= 15 is 0 Å². The molecule has 0 rings (SSSR count). The van der Waals surface area contributed by atoms with Crippen LogP contribution in [-0.4, -0.2) is 48.7 Å². The second kappa shape index (κ2) is 8.48. The van der Waals surface area contributed by atoms with E-state index in [-0.39, 0.29) is 12.0 Å². The molecule has 108 valence electrons. The molecule has 4 heteroatoms. The van der Waals surface area contributed by atoms with Crippen molar-refractivity contribution in [3.63, 3.8) is 0 Å². The predicted octanol–water partition coefficient (Wildman–Crippen LogP) is 2.04. The van der Waals surface area contributed by atoms with Gasteiger partial charge in [0.05, 0.1) is 0 Å². The number of esters is 1. The third-order valence-electron chi connectivity index (χ3n) is 2.76. The van der Waals surface area contributed by atoms with Crippen LogP contribution in [0.25, 0.3) is 0 Å². The Kier molecular flexibility index (Phi) is 8.20. The van der Waals surface area contributed by atoms with Gasteiger partial charge in [-0.3, -0.25) is 4.79 Å². The predicted molar refractivity (Wildman–Crippen MR) is 75.7 cm³/mol. The molecule has 0 aromatic carbocycles. The van der Waals surface area contributed by atoms with Crippen molar-refractivity contribution < 1.29 is 9.53 Å². The van der Waals surface area contributed by atoms with Crippen LogP contribution in [0.3, 0.4) is 0 Å². The fraction of sp³-hybridized carbons (Fsp3) is 0.929. The summed E-state index contributed by atoms with van der Waals surface area (Å²) in [5.74, 6) is -0.176. The van der Waals surface area contributed by atoms with Gasteiger partial charge in [-0.15, -0.1) is 0 Å². The third-order valence-corrected chi connectivity index (χ3v) is 2.76. The Balaban J connectivity index is 3.76. The summed E-state index contributed by atoms with van der Waals surface area (Å²) >= 11 is 0. The van der Waals surface area contributed by atoms with Crippen molar-refractivity contribution in [2.75, 3.05) is 26.2 Å². The van der Waals surface area contributed by atoms with Gasteiger partial charge in [-0.05, 0) is 60.3 Å². The molecule has 0 spiro atoms. The maximum Gasteiger partial charge on any atom is 0.323 e. The molecule has 0 aliphatic carbocycles. The summed E-state index contributed by atoms with van der Waals surface area (Å²) in [5.41, 5.74) is -0.408. The number of nitrogens with zero attached hydrogens (tertiary/aromatic N) is 1. The summed E-state index contributed by atoms with van der Waals surface area (Å²) in [4.78, 5) is 14.1. The van der Waals surface area contributed by atoms with E-state index in [0.717, 1.165) is 32.6 Å². The van der Waals surface area contributed by atoms with Crippen LogP contribution in [0.1, 0.15) is 48.0 Å². The van der Waals surface area contributed by atoms with Crippen LogP contribution in [0.15, 0.2) is 0 Å². The van der Waals surface area contributed by atoms with Gasteiger partial charge in [-0.25, -0.2) is 0 Å². The van der Waals surface area contributed by atoms with E-state index in [9.17, 15) is 4.79 Å². The molecule has 0 saturated carbocycles. The Morgan fingerprint density at radius 1 is 1.28 bits per heavy atom. The van der Waals surface area contributed by atoms with Gasteiger partial charge in [0.15, 0.2) is 0 Å². The van der Waals surface area contributed by atoms with Crippen molar-refractivity contribution in [3.05, 3.63) is 0 Å². The summed E-state index contributed by atoms with van der Waals surface area (Å²) < 4.78 is 5.31. The van der Waals surface area contributed by atoms with Crippen LogP contribution in [0.5, 0.6) is 0 Å². The zero-order valence-corrected chi connectivity index (χ0v) is 12.9. The standard InChI is InChI=1S/C14H30N2O2/c1-7-16(8-2)11-9-10-15-12(3)13(17)18-14(4,5)6/h12,15H,7-11H2,1-6H3. The average molecular weight is 258 g/mol. The van der Waals surface area contributed by atoms with Crippen LogP contribution >= 0.6 is 0 Å². The highest BCUT2D eigenvalue weighted by Gasteiger charge is 2.20. The molecule has 0 radical (unpaired) electrons. The third kappa shape index (κ3) is 8.48. The molecule has 0 heterocycles. The first-order valence-electron chi connectivity index (χ1n) is 6.98. The van der Waals surface area contributed by atoms with Crippen molar-refractivity contribution in [2.45, 2.75) is 59.6 Å². The van der Waals surface area contributed by atoms with E-state index in [1.165, 1.54) is 0 Å². The van der Waals surface area contributed by atoms with Gasteiger partial charge in [0, 0.05) is 0 Å². The largest absolute Gasteiger partial charge is 0.459 e. The summed E-state index contributed by atoms with van der Waals surface area (Å²) in [6.45, 7) is 15.9. The van der Waals surface area contributed by atoms with E-state index in [1.54, 1.807) is 0 Å². The first kappa shape index (κ1) is 17.4. The molecule has 0 aromatic heterocycles. The number of nitrogens with one attached hydrogen (secondary N) is 1. The zero-order valence-electron chi connectivity index (χ0n) is 12.9. The Morgan fingerprint density at radius 2 is 1.83 bits per heavy atom. The summed E-state index contributed by atoms with van der Waals surface area (Å²) in [7, 11) is 0. The molecule has 1 atom stereocenters. The van der Waals surface area contributed by atoms with E-state index < -0.39 is 5.60 Å². The minimum atomic E-state index is -0.408. The zero-order chi connectivity index (χ0) is 14.2. The van der Waals surface area contributed by atoms with Gasteiger partial charge < -0.3 is 15.0 Å². The highest BCUT2D eigenvalue weighted by atomic mass is 16.6. The van der Waals surface area contributed by atoms with Crippen LogP contribution < -0.4 is 5.32 Å². The highest BCUT2D eigenvalue weighted by molar-refractivity contribution is 5.75. The number of carbonyl (C=O) groups is 1. The normalized spacial score (nSPS) is 13.7. The molecule has 1 unspecified atom stereocenters. The number of carbonyl (C=O) groups excluding carboxylic acids is 1. The molecule has 1 N–H and O–H groups in total. The van der Waals surface area contributed by atoms with Crippen molar-refractivity contribution >= 4 is 5.97 Å². The lowest BCUT2D eigenvalue weighted by Gasteiger charge is -2.23. The first-order valence-corrected chi connectivity index (χ1v) is 6.98. The number of ether oxygens (including phenoxy) is 1. The van der Waals surface area contributed by atoms with Crippen molar-refractivity contribution in [2.24, 2.45) is 0 Å². The Labute approximate surface area is 112 Å². The fourth-order valence-corrected chi connectivity index (χ4v) is 1.63. The SMILES string of the molecule is CCN(CC)CCCNC(C)C(=O)OC(C)(C)C. The number of rotatable bonds is 8. The number of hydrogen-bond donors (Lipinski definition) is 1. The van der Waals surface area contributed by atoms with Crippen molar-refractivity contribution in [3.8, 4) is 0 Å². The quantitative estimate of drug-likeness (QED) is 0.534. The lowest BCUT2D eigenvalue weighted by molar-refractivity contribution is -0.156. The van der Waals surface area contributed by atoms with Gasteiger partial charge in [0.1, 0.15) is 11.6 Å². The van der Waals surface area contributed by atoms with Crippen LogP contribution in [-0.2, 0) is 9.53 Å². The molecule has 0 bridgehead atoms. The fourth-order valence-electron chi connectivity index (χ4n) is 1.63. The van der Waals surface area contributed by atoms with Gasteiger partial charge in [0.2, 0.25) is 0 Å². The lowest BCUT2D eigenvalue weighted by Crippen LogP contribution is -2.40. The second-order valence-corrected chi connectivity index (χ2v) is 5.59. The molecule has 0 aromatic rings. The molecular formula is C14H30N2O2. The van der Waals surface area contributed by atoms with E-state index in [0.29, 0.717) is 0 Å². The average Bonchev–Trinajstić information content (AvgIpc) is 2.26. The van der Waals surface area contributed by atoms with Gasteiger partial charge in [-0.2, -0.15) is 0 Å². The molecule has 0 aliphatic rings. The summed E-state index contributed by atoms with van der Waals surface area (Å²) in [5, 5.41) is 3.21. The maximum absolute atomic E-state index is 11.7. The van der Waals surface area contributed by atoms with Crippen LogP contribution in [0, 0.1) is 0 Å². The van der Waals surface area contributed by atoms with E-state index in [2.05, 4.69) is 24.1 Å². The van der Waals surface area contributed by atoms with Crippen LogP contribution in [0.4, 0.5) is 0 Å². The Morgan fingerprint density at radius 3 is 2.28 bits per heavy atom. The van der Waals surface area contributed by atoms with Gasteiger partial charge in [-0.1, -0.05) is 13.8 Å². The number of hydrogen-bond acceptors (Lipinski definition) is 4. The highest BCUT2D eigenvalue weighted by Crippen LogP contribution is 2.08. The molecule has 4 nitrogen and oxygen atoms in total. The monoisotopic (exact) mass is 258 g/mol. The first-order chi connectivity index (χ1) is 8.30. The van der Waals surface area contributed by atoms with Gasteiger partial charge >= 0.3 is 5.97 Å². The van der Waals surface area contributed by atoms with Gasteiger partial charge in [0.25, 0.3) is 0 Å².